The van der Waals surface area contributed by atoms with Gasteiger partial charge in [0.2, 0.25) is 0 Å². The van der Waals surface area contributed by atoms with Crippen LogP contribution in [-0.2, 0) is 0 Å². The summed E-state index contributed by atoms with van der Waals surface area (Å²) in [5, 5.41) is 8.22. The molecule has 3 nitrogen and oxygen atoms in total. The first-order chi connectivity index (χ1) is 9.41. The largest absolute Gasteiger partial charge is 0.384 e. The molecule has 3 N–H and O–H groups in total. The van der Waals surface area contributed by atoms with E-state index >= 15 is 0 Å². The van der Waals surface area contributed by atoms with Crippen molar-refractivity contribution in [2.75, 3.05) is 11.9 Å². The summed E-state index contributed by atoms with van der Waals surface area (Å²) in [4.78, 5) is 2.01. The van der Waals surface area contributed by atoms with Gasteiger partial charge < -0.3 is 10.6 Å². The lowest BCUT2D eigenvalue weighted by atomic mass is 10.1. The Labute approximate surface area is 124 Å². The topological polar surface area (TPSA) is 53.1 Å². The number of anilines is 2. The fourth-order valence-electron chi connectivity index (χ4n) is 2.37. The van der Waals surface area contributed by atoms with E-state index in [0.717, 1.165) is 11.4 Å². The van der Waals surface area contributed by atoms with Crippen LogP contribution in [0, 0.1) is 19.3 Å². The van der Waals surface area contributed by atoms with E-state index in [1.807, 2.05) is 24.1 Å². The van der Waals surface area contributed by atoms with E-state index in [2.05, 4.69) is 32.0 Å². The van der Waals surface area contributed by atoms with Crippen LogP contribution in [0.5, 0.6) is 0 Å². The SMILES string of the molecule is Cc1ccc(N(C)c2cccc(Cl)c2C(=N)N)c(C)c1. The molecule has 0 radical (unpaired) electrons. The third-order valence-corrected chi connectivity index (χ3v) is 3.65. The van der Waals surface area contributed by atoms with Gasteiger partial charge in [0.25, 0.3) is 0 Å². The van der Waals surface area contributed by atoms with Crippen molar-refractivity contribution in [3.63, 3.8) is 0 Å². The Balaban J connectivity index is 2.56. The summed E-state index contributed by atoms with van der Waals surface area (Å²) in [6.07, 6.45) is 0. The van der Waals surface area contributed by atoms with Gasteiger partial charge in [0.05, 0.1) is 16.3 Å². The van der Waals surface area contributed by atoms with E-state index in [1.54, 1.807) is 6.07 Å². The third-order valence-electron chi connectivity index (χ3n) is 3.34. The first-order valence-corrected chi connectivity index (χ1v) is 6.73. The zero-order valence-corrected chi connectivity index (χ0v) is 12.6. The van der Waals surface area contributed by atoms with Crippen LogP contribution >= 0.6 is 11.6 Å². The van der Waals surface area contributed by atoms with Gasteiger partial charge in [-0.15, -0.1) is 0 Å². The molecule has 0 fully saturated rings. The summed E-state index contributed by atoms with van der Waals surface area (Å²) in [7, 11) is 1.95. The van der Waals surface area contributed by atoms with Gasteiger partial charge in [-0.3, -0.25) is 5.41 Å². The Morgan fingerprint density at radius 1 is 1.15 bits per heavy atom. The van der Waals surface area contributed by atoms with Gasteiger partial charge in [0.15, 0.2) is 0 Å². The molecule has 2 aromatic carbocycles. The van der Waals surface area contributed by atoms with Crippen LogP contribution in [0.15, 0.2) is 36.4 Å². The second kappa shape index (κ2) is 5.55. The predicted octanol–water partition coefficient (Wildman–Crippen LogP) is 4.01. The Hall–Kier alpha value is -2.00. The minimum Gasteiger partial charge on any atom is -0.384 e. The second-order valence-corrected chi connectivity index (χ2v) is 5.30. The Bertz CT molecular complexity index is 665. The maximum absolute atomic E-state index is 7.73. The molecule has 0 aliphatic heterocycles. The average molecular weight is 288 g/mol. The van der Waals surface area contributed by atoms with Crippen LogP contribution in [0.3, 0.4) is 0 Å². The number of rotatable bonds is 3. The summed E-state index contributed by atoms with van der Waals surface area (Å²) in [5.74, 6) is -0.0257. The van der Waals surface area contributed by atoms with Gasteiger partial charge in [-0.1, -0.05) is 35.4 Å². The summed E-state index contributed by atoms with van der Waals surface area (Å²) in [6, 6.07) is 11.8. The van der Waals surface area contributed by atoms with Crippen LogP contribution in [0.25, 0.3) is 0 Å². The van der Waals surface area contributed by atoms with Gasteiger partial charge in [0, 0.05) is 12.7 Å². The minimum atomic E-state index is -0.0257. The van der Waals surface area contributed by atoms with Crippen molar-refractivity contribution >= 4 is 28.8 Å². The number of nitrogens with zero attached hydrogens (tertiary/aromatic N) is 1. The van der Waals surface area contributed by atoms with E-state index < -0.39 is 0 Å². The molecule has 0 aromatic heterocycles. The number of amidine groups is 1. The molecule has 0 spiro atoms. The first kappa shape index (κ1) is 14.4. The van der Waals surface area contributed by atoms with Crippen molar-refractivity contribution in [2.24, 2.45) is 5.73 Å². The highest BCUT2D eigenvalue weighted by Crippen LogP contribution is 2.33. The van der Waals surface area contributed by atoms with Gasteiger partial charge in [-0.05, 0) is 37.6 Å². The third kappa shape index (κ3) is 2.63. The Morgan fingerprint density at radius 2 is 1.85 bits per heavy atom. The molecular weight excluding hydrogens is 270 g/mol. The molecule has 0 unspecified atom stereocenters. The first-order valence-electron chi connectivity index (χ1n) is 6.35. The lowest BCUT2D eigenvalue weighted by Gasteiger charge is -2.24. The van der Waals surface area contributed by atoms with Crippen LogP contribution in [-0.4, -0.2) is 12.9 Å². The number of benzene rings is 2. The zero-order chi connectivity index (χ0) is 14.9. The molecule has 0 aliphatic rings. The summed E-state index contributed by atoms with van der Waals surface area (Å²) < 4.78 is 0. The molecule has 20 heavy (non-hydrogen) atoms. The van der Waals surface area contributed by atoms with E-state index in [-0.39, 0.29) is 5.84 Å². The van der Waals surface area contributed by atoms with Gasteiger partial charge >= 0.3 is 0 Å². The maximum Gasteiger partial charge on any atom is 0.126 e. The van der Waals surface area contributed by atoms with Crippen molar-refractivity contribution in [1.29, 1.82) is 5.41 Å². The van der Waals surface area contributed by atoms with E-state index in [9.17, 15) is 0 Å². The van der Waals surface area contributed by atoms with Gasteiger partial charge in [-0.25, -0.2) is 0 Å². The van der Waals surface area contributed by atoms with Crippen LogP contribution < -0.4 is 10.6 Å². The standard InChI is InChI=1S/C16H18ClN3/c1-10-7-8-13(11(2)9-10)20(3)14-6-4-5-12(17)15(14)16(18)19/h4-9H,1-3H3,(H3,18,19). The number of halogens is 1. The fraction of sp³-hybridized carbons (Fsp3) is 0.188. The minimum absolute atomic E-state index is 0.0257. The molecule has 0 atom stereocenters. The number of nitrogens with one attached hydrogen (secondary N) is 1. The highest BCUT2D eigenvalue weighted by atomic mass is 35.5. The zero-order valence-electron chi connectivity index (χ0n) is 11.9. The van der Waals surface area contributed by atoms with Crippen LogP contribution in [0.4, 0.5) is 11.4 Å². The number of nitrogen functional groups attached to an aromatic ring is 1. The lowest BCUT2D eigenvalue weighted by molar-refractivity contribution is 1.17. The number of hydrogen-bond acceptors (Lipinski definition) is 2. The van der Waals surface area contributed by atoms with Crippen molar-refractivity contribution < 1.29 is 0 Å². The molecular formula is C16H18ClN3. The monoisotopic (exact) mass is 287 g/mol. The molecule has 4 heteroatoms. The molecule has 0 heterocycles. The molecule has 0 aliphatic carbocycles. The van der Waals surface area contributed by atoms with E-state index in [4.69, 9.17) is 22.7 Å². The highest BCUT2D eigenvalue weighted by Gasteiger charge is 2.15. The molecule has 0 bridgehead atoms. The second-order valence-electron chi connectivity index (χ2n) is 4.90. The highest BCUT2D eigenvalue weighted by molar-refractivity contribution is 6.34. The molecule has 2 rings (SSSR count). The molecule has 0 saturated heterocycles. The van der Waals surface area contributed by atoms with Crippen LogP contribution in [0.1, 0.15) is 16.7 Å². The predicted molar refractivity (Wildman–Crippen MR) is 86.4 cm³/mol. The number of aryl methyl sites for hydroxylation is 2. The summed E-state index contributed by atoms with van der Waals surface area (Å²) in [6.45, 7) is 4.13. The molecule has 104 valence electrons. The van der Waals surface area contributed by atoms with Crippen molar-refractivity contribution in [1.82, 2.24) is 0 Å². The maximum atomic E-state index is 7.73. The van der Waals surface area contributed by atoms with Gasteiger partial charge in [-0.2, -0.15) is 0 Å². The van der Waals surface area contributed by atoms with E-state index in [1.165, 1.54) is 11.1 Å². The van der Waals surface area contributed by atoms with Crippen molar-refractivity contribution in [3.05, 3.63) is 58.1 Å². The van der Waals surface area contributed by atoms with Crippen molar-refractivity contribution in [2.45, 2.75) is 13.8 Å². The lowest BCUT2D eigenvalue weighted by Crippen LogP contribution is -2.19. The Kier molecular flexibility index (Phi) is 4.00. The molecule has 0 amide bonds. The smallest absolute Gasteiger partial charge is 0.126 e. The molecule has 2 aromatic rings. The Morgan fingerprint density at radius 3 is 2.45 bits per heavy atom. The van der Waals surface area contributed by atoms with Crippen LogP contribution in [0.2, 0.25) is 5.02 Å². The number of hydrogen-bond donors (Lipinski definition) is 2. The quantitative estimate of drug-likeness (QED) is 0.662. The fourth-order valence-corrected chi connectivity index (χ4v) is 2.64. The summed E-state index contributed by atoms with van der Waals surface area (Å²) in [5.41, 5.74) is 10.5. The van der Waals surface area contributed by atoms with E-state index in [0.29, 0.717) is 10.6 Å². The molecule has 0 saturated carbocycles. The average Bonchev–Trinajstić information content (AvgIpc) is 2.37. The van der Waals surface area contributed by atoms with Crippen molar-refractivity contribution in [3.8, 4) is 0 Å². The number of nitrogens with two attached hydrogens (primary N) is 1. The summed E-state index contributed by atoms with van der Waals surface area (Å²) >= 11 is 6.17. The van der Waals surface area contributed by atoms with Gasteiger partial charge in [0.1, 0.15) is 5.84 Å². The normalized spacial score (nSPS) is 10.4.